The Morgan fingerprint density at radius 1 is 0.966 bits per heavy atom. The van der Waals surface area contributed by atoms with Gasteiger partial charge in [-0.2, -0.15) is 0 Å². The van der Waals surface area contributed by atoms with Gasteiger partial charge in [-0.3, -0.25) is 4.79 Å². The van der Waals surface area contributed by atoms with Gasteiger partial charge in [0.15, 0.2) is 5.78 Å². The van der Waals surface area contributed by atoms with E-state index in [0.717, 1.165) is 29.0 Å². The van der Waals surface area contributed by atoms with E-state index in [1.54, 1.807) is 7.11 Å². The Morgan fingerprint density at radius 3 is 2.31 bits per heavy atom. The van der Waals surface area contributed by atoms with Crippen LogP contribution < -0.4 is 4.74 Å². The van der Waals surface area contributed by atoms with E-state index in [1.165, 1.54) is 5.56 Å². The lowest BCUT2D eigenvalue weighted by atomic mass is 9.90. The lowest BCUT2D eigenvalue weighted by Crippen LogP contribution is -2.30. The number of ether oxygens (including phenoxy) is 1. The number of ketones is 1. The summed E-state index contributed by atoms with van der Waals surface area (Å²) in [4.78, 5) is 15.3. The molecule has 0 radical (unpaired) electrons. The van der Waals surface area contributed by atoms with Crippen LogP contribution in [0.5, 0.6) is 5.75 Å². The van der Waals surface area contributed by atoms with E-state index in [4.69, 9.17) is 16.3 Å². The number of hydrogen-bond acceptors (Lipinski definition) is 3. The zero-order valence-corrected chi connectivity index (χ0v) is 17.0. The van der Waals surface area contributed by atoms with Crippen molar-refractivity contribution in [2.24, 2.45) is 0 Å². The zero-order chi connectivity index (χ0) is 20.2. The predicted octanol–water partition coefficient (Wildman–Crippen LogP) is 5.91. The maximum Gasteiger partial charge on any atom is 0.167 e. The second-order valence-electron chi connectivity index (χ2n) is 7.12. The summed E-state index contributed by atoms with van der Waals surface area (Å²) in [6.45, 7) is 0.724. The molecule has 1 aliphatic rings. The quantitative estimate of drug-likeness (QED) is 0.530. The Balaban J connectivity index is 1.72. The fraction of sp³-hybridized carbons (Fsp3) is 0.160. The van der Waals surface area contributed by atoms with Crippen LogP contribution in [0.2, 0.25) is 5.02 Å². The summed E-state index contributed by atoms with van der Waals surface area (Å²) in [7, 11) is 1.65. The molecule has 0 bridgehead atoms. The first-order chi connectivity index (χ1) is 14.1. The maximum absolute atomic E-state index is 13.0. The molecule has 1 heterocycles. The Hall–Kier alpha value is -3.04. The highest BCUT2D eigenvalue weighted by Gasteiger charge is 2.29. The lowest BCUT2D eigenvalue weighted by molar-refractivity contribution is -0.115. The lowest BCUT2D eigenvalue weighted by Gasteiger charge is -2.35. The van der Waals surface area contributed by atoms with Crippen molar-refractivity contribution in [3.05, 3.63) is 107 Å². The predicted molar refractivity (Wildman–Crippen MR) is 117 cm³/mol. The van der Waals surface area contributed by atoms with Gasteiger partial charge in [-0.1, -0.05) is 66.2 Å². The van der Waals surface area contributed by atoms with Gasteiger partial charge in [-0.05, 0) is 41.0 Å². The molecule has 0 fully saturated rings. The third-order valence-electron chi connectivity index (χ3n) is 5.24. The molecule has 1 atom stereocenters. The van der Waals surface area contributed by atoms with Gasteiger partial charge in [0.05, 0.1) is 13.2 Å². The third kappa shape index (κ3) is 4.36. The Kier molecular flexibility index (Phi) is 5.68. The number of rotatable bonds is 5. The van der Waals surface area contributed by atoms with Crippen molar-refractivity contribution in [1.29, 1.82) is 0 Å². The number of Topliss-reactive ketones (excluding diaryl/α,β-unsaturated/α-hetero) is 1. The summed E-state index contributed by atoms with van der Waals surface area (Å²) >= 11 is 6.03. The molecule has 0 amide bonds. The largest absolute Gasteiger partial charge is 0.497 e. The van der Waals surface area contributed by atoms with Crippen LogP contribution in [-0.2, 0) is 11.3 Å². The van der Waals surface area contributed by atoms with Gasteiger partial charge in [0.25, 0.3) is 0 Å². The number of allylic oxidation sites excluding steroid dienone is 1. The second-order valence-corrected chi connectivity index (χ2v) is 7.56. The number of carbonyl (C=O) groups excluding carboxylic acids is 1. The van der Waals surface area contributed by atoms with Crippen molar-refractivity contribution in [2.45, 2.75) is 19.0 Å². The molecule has 0 aliphatic carbocycles. The molecule has 0 spiro atoms. The van der Waals surface area contributed by atoms with Crippen LogP contribution in [0.3, 0.4) is 0 Å². The molecule has 3 aromatic rings. The molecular formula is C25H22ClNO2. The van der Waals surface area contributed by atoms with Crippen molar-refractivity contribution in [3.63, 3.8) is 0 Å². The molecule has 4 rings (SSSR count). The second kappa shape index (κ2) is 8.54. The number of benzene rings is 3. The minimum Gasteiger partial charge on any atom is -0.497 e. The van der Waals surface area contributed by atoms with Crippen molar-refractivity contribution in [2.75, 3.05) is 7.11 Å². The number of hydrogen-bond donors (Lipinski definition) is 0. The zero-order valence-electron chi connectivity index (χ0n) is 16.2. The maximum atomic E-state index is 13.0. The summed E-state index contributed by atoms with van der Waals surface area (Å²) in [6, 6.07) is 25.7. The van der Waals surface area contributed by atoms with Crippen LogP contribution in [0.25, 0.3) is 5.57 Å². The molecule has 0 N–H and O–H groups in total. The average molecular weight is 404 g/mol. The molecule has 0 saturated heterocycles. The first-order valence-corrected chi connectivity index (χ1v) is 9.96. The van der Waals surface area contributed by atoms with E-state index < -0.39 is 0 Å². The van der Waals surface area contributed by atoms with Crippen LogP contribution in [0.1, 0.15) is 29.2 Å². The smallest absolute Gasteiger partial charge is 0.167 e. The van der Waals surface area contributed by atoms with Crippen molar-refractivity contribution in [3.8, 4) is 5.75 Å². The summed E-state index contributed by atoms with van der Waals surface area (Å²) in [5, 5.41) is 0.662. The van der Waals surface area contributed by atoms with E-state index >= 15 is 0 Å². The molecule has 4 heteroatoms. The Morgan fingerprint density at radius 2 is 1.66 bits per heavy atom. The van der Waals surface area contributed by atoms with Crippen LogP contribution in [0, 0.1) is 0 Å². The monoisotopic (exact) mass is 403 g/mol. The van der Waals surface area contributed by atoms with Gasteiger partial charge >= 0.3 is 0 Å². The van der Waals surface area contributed by atoms with Crippen LogP contribution in [0.4, 0.5) is 0 Å². The number of carbonyl (C=O) groups is 1. The minimum atomic E-state index is -0.0235. The van der Waals surface area contributed by atoms with Crippen LogP contribution >= 0.6 is 11.6 Å². The third-order valence-corrected chi connectivity index (χ3v) is 5.49. The normalized spacial score (nSPS) is 16.5. The van der Waals surface area contributed by atoms with Gasteiger partial charge in [0.1, 0.15) is 5.75 Å². The van der Waals surface area contributed by atoms with E-state index in [9.17, 15) is 4.79 Å². The summed E-state index contributed by atoms with van der Waals surface area (Å²) < 4.78 is 5.28. The van der Waals surface area contributed by atoms with Gasteiger partial charge in [0.2, 0.25) is 0 Å². The molecule has 0 aromatic heterocycles. The molecule has 0 saturated carbocycles. The fourth-order valence-electron chi connectivity index (χ4n) is 3.68. The Labute approximate surface area is 176 Å². The van der Waals surface area contributed by atoms with E-state index in [1.807, 2.05) is 72.9 Å². The molecular weight excluding hydrogens is 382 g/mol. The fourth-order valence-corrected chi connectivity index (χ4v) is 3.81. The van der Waals surface area contributed by atoms with Gasteiger partial charge in [-0.25, -0.2) is 0 Å². The first kappa shape index (κ1) is 19.3. The first-order valence-electron chi connectivity index (χ1n) is 9.58. The molecule has 29 heavy (non-hydrogen) atoms. The number of methoxy groups -OCH3 is 1. The van der Waals surface area contributed by atoms with E-state index in [2.05, 4.69) is 17.0 Å². The highest BCUT2D eigenvalue weighted by atomic mass is 35.5. The molecule has 1 unspecified atom stereocenters. The minimum absolute atomic E-state index is 0.0235. The SMILES string of the molecule is COc1ccc(C2CC(=O)C(c3ccc(Cl)cc3)=CN2Cc2ccccc2)cc1. The van der Waals surface area contributed by atoms with Crippen LogP contribution in [0.15, 0.2) is 85.1 Å². The number of nitrogens with zero attached hydrogens (tertiary/aromatic N) is 1. The molecule has 3 nitrogen and oxygen atoms in total. The van der Waals surface area contributed by atoms with Gasteiger partial charge in [-0.15, -0.1) is 0 Å². The topological polar surface area (TPSA) is 29.5 Å². The molecule has 1 aliphatic heterocycles. The van der Waals surface area contributed by atoms with Crippen molar-refractivity contribution >= 4 is 23.0 Å². The average Bonchev–Trinajstić information content (AvgIpc) is 2.76. The highest BCUT2D eigenvalue weighted by molar-refractivity contribution is 6.30. The highest BCUT2D eigenvalue weighted by Crippen LogP contribution is 2.36. The van der Waals surface area contributed by atoms with Gasteiger partial charge in [0, 0.05) is 29.8 Å². The van der Waals surface area contributed by atoms with Crippen molar-refractivity contribution in [1.82, 2.24) is 4.90 Å². The molecule has 3 aromatic carbocycles. The Bertz CT molecular complexity index is 1010. The number of halogens is 1. The van der Waals surface area contributed by atoms with Crippen molar-refractivity contribution < 1.29 is 9.53 Å². The van der Waals surface area contributed by atoms with Gasteiger partial charge < -0.3 is 9.64 Å². The summed E-state index contributed by atoms with van der Waals surface area (Å²) in [5.41, 5.74) is 3.92. The summed E-state index contributed by atoms with van der Waals surface area (Å²) in [5.74, 6) is 0.945. The van der Waals surface area contributed by atoms with E-state index in [0.29, 0.717) is 11.4 Å². The summed E-state index contributed by atoms with van der Waals surface area (Å²) in [6.07, 6.45) is 2.42. The van der Waals surface area contributed by atoms with E-state index in [-0.39, 0.29) is 11.8 Å². The molecule has 146 valence electrons. The standard InChI is InChI=1S/C25H22ClNO2/c1-29-22-13-9-20(10-14-22)24-15-25(28)23(19-7-11-21(26)12-8-19)17-27(24)16-18-5-3-2-4-6-18/h2-14,17,24H,15-16H2,1H3. The van der Waals surface area contributed by atoms with Crippen LogP contribution in [-0.4, -0.2) is 17.8 Å².